The maximum Gasteiger partial charge on any atom is 0.0412 e. The van der Waals surface area contributed by atoms with Crippen molar-refractivity contribution in [2.75, 3.05) is 30.4 Å². The van der Waals surface area contributed by atoms with Crippen LogP contribution in [0.4, 0.5) is 17.1 Å². The Kier molecular flexibility index (Phi) is 3.16. The third kappa shape index (κ3) is 2.30. The Bertz CT molecular complexity index is 563. The molecule has 2 nitrogen and oxygen atoms in total. The predicted molar refractivity (Wildman–Crippen MR) is 82.5 cm³/mol. The van der Waals surface area contributed by atoms with Crippen LogP contribution >= 0.6 is 0 Å². The van der Waals surface area contributed by atoms with Crippen molar-refractivity contribution in [3.63, 3.8) is 0 Å². The Morgan fingerprint density at radius 3 is 2.58 bits per heavy atom. The summed E-state index contributed by atoms with van der Waals surface area (Å²) in [6.07, 6.45) is 2.44. The van der Waals surface area contributed by atoms with Crippen molar-refractivity contribution in [3.8, 4) is 0 Å². The van der Waals surface area contributed by atoms with E-state index in [1.54, 1.807) is 0 Å². The fourth-order valence-corrected chi connectivity index (χ4v) is 2.78. The number of hydrogen-bond donors (Lipinski definition) is 0. The highest BCUT2D eigenvalue weighted by Gasteiger charge is 2.14. The summed E-state index contributed by atoms with van der Waals surface area (Å²) in [6.45, 7) is 1.17. The van der Waals surface area contributed by atoms with Gasteiger partial charge in [-0.15, -0.1) is 0 Å². The van der Waals surface area contributed by atoms with Crippen molar-refractivity contribution >= 4 is 17.1 Å². The number of anilines is 3. The van der Waals surface area contributed by atoms with Crippen molar-refractivity contribution in [1.82, 2.24) is 0 Å². The van der Waals surface area contributed by atoms with Crippen molar-refractivity contribution in [2.24, 2.45) is 0 Å². The van der Waals surface area contributed by atoms with E-state index in [2.05, 4.69) is 72.4 Å². The summed E-state index contributed by atoms with van der Waals surface area (Å²) < 4.78 is 0. The van der Waals surface area contributed by atoms with Gasteiger partial charge in [0.1, 0.15) is 0 Å². The zero-order valence-corrected chi connectivity index (χ0v) is 11.6. The van der Waals surface area contributed by atoms with E-state index in [0.717, 1.165) is 0 Å². The quantitative estimate of drug-likeness (QED) is 0.801. The lowest BCUT2D eigenvalue weighted by Crippen LogP contribution is -2.24. The Labute approximate surface area is 115 Å². The molecule has 0 aromatic heterocycles. The van der Waals surface area contributed by atoms with Gasteiger partial charge >= 0.3 is 0 Å². The van der Waals surface area contributed by atoms with Crippen LogP contribution in [0, 0.1) is 0 Å². The van der Waals surface area contributed by atoms with E-state index in [4.69, 9.17) is 0 Å². The van der Waals surface area contributed by atoms with Gasteiger partial charge < -0.3 is 9.80 Å². The van der Waals surface area contributed by atoms with E-state index in [0.29, 0.717) is 0 Å². The summed E-state index contributed by atoms with van der Waals surface area (Å²) in [5.41, 5.74) is 5.34. The minimum absolute atomic E-state index is 1.17. The number of hydrogen-bond acceptors (Lipinski definition) is 2. The van der Waals surface area contributed by atoms with Gasteiger partial charge in [0.2, 0.25) is 0 Å². The van der Waals surface area contributed by atoms with E-state index >= 15 is 0 Å². The highest BCUT2D eigenvalue weighted by molar-refractivity contribution is 5.68. The van der Waals surface area contributed by atoms with Gasteiger partial charge in [0.05, 0.1) is 0 Å². The Hall–Kier alpha value is -1.96. The summed E-state index contributed by atoms with van der Waals surface area (Å²) in [6, 6.07) is 17.3. The molecule has 19 heavy (non-hydrogen) atoms. The van der Waals surface area contributed by atoms with Gasteiger partial charge in [-0.2, -0.15) is 0 Å². The molecule has 3 rings (SSSR count). The number of aryl methyl sites for hydroxylation is 1. The molecule has 2 aromatic carbocycles. The topological polar surface area (TPSA) is 6.48 Å². The lowest BCUT2D eigenvalue weighted by molar-refractivity contribution is 0.744. The zero-order valence-electron chi connectivity index (χ0n) is 11.6. The molecule has 0 bridgehead atoms. The number of nitrogens with zero attached hydrogens (tertiary/aromatic N) is 2. The fraction of sp³-hybridized carbons (Fsp3) is 0.294. The largest absolute Gasteiger partial charge is 0.374 e. The molecule has 2 aromatic rings. The maximum atomic E-state index is 2.35. The molecular weight excluding hydrogens is 232 g/mol. The van der Waals surface area contributed by atoms with Crippen LogP contribution in [0.5, 0.6) is 0 Å². The van der Waals surface area contributed by atoms with Crippen LogP contribution < -0.4 is 9.80 Å². The number of benzene rings is 2. The third-order valence-electron chi connectivity index (χ3n) is 3.94. The molecule has 98 valence electrons. The first-order chi connectivity index (χ1) is 9.25. The van der Waals surface area contributed by atoms with Crippen LogP contribution in [0.15, 0.2) is 48.5 Å². The summed E-state index contributed by atoms with van der Waals surface area (Å²) >= 11 is 0. The molecular formula is C17H20N2. The molecule has 1 aliphatic heterocycles. The Morgan fingerprint density at radius 1 is 1.00 bits per heavy atom. The second-order valence-corrected chi connectivity index (χ2v) is 5.23. The van der Waals surface area contributed by atoms with Crippen LogP contribution in [0.3, 0.4) is 0 Å². The second-order valence-electron chi connectivity index (χ2n) is 5.23. The van der Waals surface area contributed by atoms with Crippen LogP contribution in [0.1, 0.15) is 12.0 Å². The van der Waals surface area contributed by atoms with Crippen molar-refractivity contribution in [1.29, 1.82) is 0 Å². The second kappa shape index (κ2) is 4.96. The summed E-state index contributed by atoms with van der Waals surface area (Å²) in [7, 11) is 4.31. The normalized spacial score (nSPS) is 14.1. The molecule has 0 atom stereocenters. The molecule has 0 aliphatic carbocycles. The summed E-state index contributed by atoms with van der Waals surface area (Å²) in [5, 5.41) is 0. The van der Waals surface area contributed by atoms with Gasteiger partial charge in [-0.3, -0.25) is 0 Å². The minimum Gasteiger partial charge on any atom is -0.374 e. The molecule has 0 saturated carbocycles. The maximum absolute atomic E-state index is 2.35. The number of rotatable bonds is 2. The van der Waals surface area contributed by atoms with E-state index in [1.165, 1.54) is 42.0 Å². The van der Waals surface area contributed by atoms with E-state index < -0.39 is 0 Å². The monoisotopic (exact) mass is 252 g/mol. The minimum atomic E-state index is 1.17. The molecule has 0 radical (unpaired) electrons. The molecule has 1 heterocycles. The molecule has 0 saturated heterocycles. The average Bonchev–Trinajstić information content (AvgIpc) is 2.47. The van der Waals surface area contributed by atoms with Crippen LogP contribution in [0.2, 0.25) is 0 Å². The van der Waals surface area contributed by atoms with Gasteiger partial charge in [-0.25, -0.2) is 0 Å². The van der Waals surface area contributed by atoms with Crippen molar-refractivity contribution < 1.29 is 0 Å². The van der Waals surface area contributed by atoms with Crippen molar-refractivity contribution in [2.45, 2.75) is 12.8 Å². The summed E-state index contributed by atoms with van der Waals surface area (Å²) in [4.78, 5) is 4.60. The number of para-hydroxylation sites is 1. The third-order valence-corrected chi connectivity index (χ3v) is 3.94. The van der Waals surface area contributed by atoms with Crippen LogP contribution in [-0.2, 0) is 6.42 Å². The molecule has 0 N–H and O–H groups in total. The van der Waals surface area contributed by atoms with Crippen molar-refractivity contribution in [3.05, 3.63) is 54.1 Å². The Balaban J connectivity index is 1.94. The molecule has 0 unspecified atom stereocenters. The van der Waals surface area contributed by atoms with Gasteiger partial charge in [-0.1, -0.05) is 18.2 Å². The van der Waals surface area contributed by atoms with Crippen LogP contribution in [0.25, 0.3) is 0 Å². The van der Waals surface area contributed by atoms with Gasteiger partial charge in [0, 0.05) is 37.7 Å². The average molecular weight is 252 g/mol. The first-order valence-electron chi connectivity index (χ1n) is 6.88. The van der Waals surface area contributed by atoms with E-state index in [-0.39, 0.29) is 0 Å². The lowest BCUT2D eigenvalue weighted by Gasteiger charge is -2.29. The molecule has 2 heteroatoms. The van der Waals surface area contributed by atoms with E-state index in [1.807, 2.05) is 0 Å². The first-order valence-corrected chi connectivity index (χ1v) is 6.88. The lowest BCUT2D eigenvalue weighted by atomic mass is 10.0. The predicted octanol–water partition coefficient (Wildman–Crippen LogP) is 3.84. The number of fused-ring (bicyclic) bond motifs is 1. The fourth-order valence-electron chi connectivity index (χ4n) is 2.78. The molecule has 1 aliphatic rings. The van der Waals surface area contributed by atoms with Gasteiger partial charge in [0.25, 0.3) is 0 Å². The molecule has 0 amide bonds. The standard InChI is InChI=1S/C17H20N2/c1-18-12-6-7-14-13-16(10-11-17(14)18)19(2)15-8-4-3-5-9-15/h3-5,8-11,13H,6-7,12H2,1-2H3. The van der Waals surface area contributed by atoms with Gasteiger partial charge in [-0.05, 0) is 48.7 Å². The first kappa shape index (κ1) is 12.1. The van der Waals surface area contributed by atoms with Gasteiger partial charge in [0.15, 0.2) is 0 Å². The van der Waals surface area contributed by atoms with E-state index in [9.17, 15) is 0 Å². The smallest absolute Gasteiger partial charge is 0.0412 e. The molecule has 0 spiro atoms. The Morgan fingerprint density at radius 2 is 1.79 bits per heavy atom. The highest BCUT2D eigenvalue weighted by atomic mass is 15.1. The summed E-state index contributed by atoms with van der Waals surface area (Å²) in [5.74, 6) is 0. The molecule has 0 fully saturated rings. The van der Waals surface area contributed by atoms with Crippen LogP contribution in [-0.4, -0.2) is 20.6 Å². The SMILES string of the molecule is CN1CCCc2cc(N(C)c3ccccc3)ccc21. The highest BCUT2D eigenvalue weighted by Crippen LogP contribution is 2.32. The zero-order chi connectivity index (χ0) is 13.2.